The average molecular weight is 223 g/mol. The highest BCUT2D eigenvalue weighted by molar-refractivity contribution is 5.93. The SMILES string of the molecule is CCC(CN)NC(=O)c1c[nH]c(C)cc1=O. The zero-order valence-corrected chi connectivity index (χ0v) is 9.54. The van der Waals surface area contributed by atoms with E-state index in [1.807, 2.05) is 6.92 Å². The van der Waals surface area contributed by atoms with Gasteiger partial charge in [0.25, 0.3) is 5.91 Å². The summed E-state index contributed by atoms with van der Waals surface area (Å²) in [5.41, 5.74) is 6.05. The maximum Gasteiger partial charge on any atom is 0.257 e. The number of amides is 1. The summed E-state index contributed by atoms with van der Waals surface area (Å²) < 4.78 is 0. The summed E-state index contributed by atoms with van der Waals surface area (Å²) in [5, 5.41) is 2.71. The van der Waals surface area contributed by atoms with Crippen molar-refractivity contribution in [1.29, 1.82) is 0 Å². The van der Waals surface area contributed by atoms with Crippen molar-refractivity contribution in [1.82, 2.24) is 10.3 Å². The summed E-state index contributed by atoms with van der Waals surface area (Å²) in [6.07, 6.45) is 2.17. The number of rotatable bonds is 4. The van der Waals surface area contributed by atoms with Gasteiger partial charge in [-0.25, -0.2) is 0 Å². The van der Waals surface area contributed by atoms with Gasteiger partial charge in [0.2, 0.25) is 0 Å². The minimum absolute atomic E-state index is 0.0896. The Kier molecular flexibility index (Phi) is 4.25. The van der Waals surface area contributed by atoms with E-state index in [-0.39, 0.29) is 22.9 Å². The molecule has 4 N–H and O–H groups in total. The molecular formula is C11H17N3O2. The lowest BCUT2D eigenvalue weighted by atomic mass is 10.2. The first-order valence-corrected chi connectivity index (χ1v) is 5.28. The molecule has 1 aromatic rings. The van der Waals surface area contributed by atoms with E-state index in [1.165, 1.54) is 12.3 Å². The van der Waals surface area contributed by atoms with E-state index in [2.05, 4.69) is 10.3 Å². The molecule has 88 valence electrons. The van der Waals surface area contributed by atoms with Gasteiger partial charge in [0.15, 0.2) is 5.43 Å². The molecular weight excluding hydrogens is 206 g/mol. The van der Waals surface area contributed by atoms with E-state index in [9.17, 15) is 9.59 Å². The van der Waals surface area contributed by atoms with Gasteiger partial charge in [0, 0.05) is 30.5 Å². The van der Waals surface area contributed by atoms with Gasteiger partial charge in [-0.2, -0.15) is 0 Å². The Labute approximate surface area is 94.1 Å². The Morgan fingerprint density at radius 3 is 2.81 bits per heavy atom. The lowest BCUT2D eigenvalue weighted by molar-refractivity contribution is 0.0935. The average Bonchev–Trinajstić information content (AvgIpc) is 2.25. The van der Waals surface area contributed by atoms with Crippen molar-refractivity contribution in [3.8, 4) is 0 Å². The van der Waals surface area contributed by atoms with Gasteiger partial charge in [-0.1, -0.05) is 6.92 Å². The largest absolute Gasteiger partial charge is 0.364 e. The molecule has 1 rings (SSSR count). The Morgan fingerprint density at radius 2 is 2.31 bits per heavy atom. The second kappa shape index (κ2) is 5.46. The summed E-state index contributed by atoms with van der Waals surface area (Å²) in [5.74, 6) is -0.376. The van der Waals surface area contributed by atoms with Gasteiger partial charge in [-0.3, -0.25) is 9.59 Å². The Hall–Kier alpha value is -1.62. The lowest BCUT2D eigenvalue weighted by Gasteiger charge is -2.14. The fraction of sp³-hybridized carbons (Fsp3) is 0.455. The van der Waals surface area contributed by atoms with Crippen LogP contribution in [0.1, 0.15) is 29.4 Å². The standard InChI is InChI=1S/C11H17N3O2/c1-3-8(5-12)14-11(16)9-6-13-7(2)4-10(9)15/h4,6,8H,3,5,12H2,1-2H3,(H,13,15)(H,14,16). The number of aromatic amines is 1. The first-order valence-electron chi connectivity index (χ1n) is 5.28. The molecule has 0 spiro atoms. The van der Waals surface area contributed by atoms with Gasteiger partial charge < -0.3 is 16.0 Å². The molecule has 0 aliphatic rings. The molecule has 1 amide bonds. The van der Waals surface area contributed by atoms with Gasteiger partial charge in [-0.15, -0.1) is 0 Å². The summed E-state index contributed by atoms with van der Waals surface area (Å²) in [6, 6.07) is 1.31. The molecule has 16 heavy (non-hydrogen) atoms. The number of hydrogen-bond acceptors (Lipinski definition) is 3. The smallest absolute Gasteiger partial charge is 0.257 e. The van der Waals surface area contributed by atoms with Crippen LogP contribution in [0.5, 0.6) is 0 Å². The van der Waals surface area contributed by atoms with Crippen LogP contribution in [0.25, 0.3) is 0 Å². The number of aromatic nitrogens is 1. The van der Waals surface area contributed by atoms with Crippen LogP contribution in [0.4, 0.5) is 0 Å². The van der Waals surface area contributed by atoms with Crippen molar-refractivity contribution >= 4 is 5.91 Å². The number of aryl methyl sites for hydroxylation is 1. The van der Waals surface area contributed by atoms with Crippen LogP contribution in [0.2, 0.25) is 0 Å². The Balaban J connectivity index is 2.85. The lowest BCUT2D eigenvalue weighted by Crippen LogP contribution is -2.41. The third-order valence-corrected chi connectivity index (χ3v) is 2.41. The molecule has 1 aromatic heterocycles. The van der Waals surface area contributed by atoms with Crippen LogP contribution >= 0.6 is 0 Å². The second-order valence-corrected chi connectivity index (χ2v) is 3.71. The van der Waals surface area contributed by atoms with Crippen molar-refractivity contribution in [3.05, 3.63) is 33.7 Å². The van der Waals surface area contributed by atoms with Crippen LogP contribution in [0, 0.1) is 6.92 Å². The van der Waals surface area contributed by atoms with Crippen molar-refractivity contribution in [2.45, 2.75) is 26.3 Å². The predicted molar refractivity (Wildman–Crippen MR) is 62.4 cm³/mol. The van der Waals surface area contributed by atoms with Crippen LogP contribution in [0.3, 0.4) is 0 Å². The summed E-state index contributed by atoms with van der Waals surface area (Å²) in [6.45, 7) is 4.06. The monoisotopic (exact) mass is 223 g/mol. The van der Waals surface area contributed by atoms with E-state index in [4.69, 9.17) is 5.73 Å². The highest BCUT2D eigenvalue weighted by Crippen LogP contribution is 1.95. The van der Waals surface area contributed by atoms with Crippen LogP contribution < -0.4 is 16.5 Å². The maximum atomic E-state index is 11.7. The van der Waals surface area contributed by atoms with E-state index < -0.39 is 0 Å². The quantitative estimate of drug-likeness (QED) is 0.679. The number of H-pyrrole nitrogens is 1. The van der Waals surface area contributed by atoms with Gasteiger partial charge in [-0.05, 0) is 13.3 Å². The normalized spacial score (nSPS) is 12.2. The Bertz CT molecular complexity index is 421. The van der Waals surface area contributed by atoms with Crippen molar-refractivity contribution < 1.29 is 4.79 Å². The number of pyridine rings is 1. The number of carbonyl (C=O) groups excluding carboxylic acids is 1. The molecule has 1 unspecified atom stereocenters. The highest BCUT2D eigenvalue weighted by atomic mass is 16.2. The first-order chi connectivity index (χ1) is 7.58. The topological polar surface area (TPSA) is 88.0 Å². The molecule has 0 aromatic carbocycles. The van der Waals surface area contributed by atoms with Crippen molar-refractivity contribution in [2.75, 3.05) is 6.54 Å². The van der Waals surface area contributed by atoms with Crippen LogP contribution in [-0.4, -0.2) is 23.5 Å². The summed E-state index contributed by atoms with van der Waals surface area (Å²) in [4.78, 5) is 26.1. The van der Waals surface area contributed by atoms with Crippen molar-refractivity contribution in [3.63, 3.8) is 0 Å². The van der Waals surface area contributed by atoms with E-state index in [0.717, 1.165) is 12.1 Å². The second-order valence-electron chi connectivity index (χ2n) is 3.71. The number of nitrogens with one attached hydrogen (secondary N) is 2. The zero-order chi connectivity index (χ0) is 12.1. The van der Waals surface area contributed by atoms with Gasteiger partial charge in [0.05, 0.1) is 0 Å². The molecule has 0 aliphatic carbocycles. The highest BCUT2D eigenvalue weighted by Gasteiger charge is 2.13. The van der Waals surface area contributed by atoms with Crippen LogP contribution in [-0.2, 0) is 0 Å². The van der Waals surface area contributed by atoms with Gasteiger partial charge in [0.1, 0.15) is 5.56 Å². The zero-order valence-electron chi connectivity index (χ0n) is 9.54. The number of hydrogen-bond donors (Lipinski definition) is 3. The van der Waals surface area contributed by atoms with E-state index in [0.29, 0.717) is 6.54 Å². The molecule has 1 heterocycles. The summed E-state index contributed by atoms with van der Waals surface area (Å²) in [7, 11) is 0. The fourth-order valence-electron chi connectivity index (χ4n) is 1.34. The molecule has 0 radical (unpaired) electrons. The maximum absolute atomic E-state index is 11.7. The molecule has 0 fully saturated rings. The molecule has 5 nitrogen and oxygen atoms in total. The van der Waals surface area contributed by atoms with Crippen molar-refractivity contribution in [2.24, 2.45) is 5.73 Å². The van der Waals surface area contributed by atoms with E-state index in [1.54, 1.807) is 6.92 Å². The molecule has 0 saturated carbocycles. The Morgan fingerprint density at radius 1 is 1.62 bits per heavy atom. The third-order valence-electron chi connectivity index (χ3n) is 2.41. The molecule has 5 heteroatoms. The third kappa shape index (κ3) is 2.93. The fourth-order valence-corrected chi connectivity index (χ4v) is 1.34. The first kappa shape index (κ1) is 12.4. The summed E-state index contributed by atoms with van der Waals surface area (Å²) >= 11 is 0. The van der Waals surface area contributed by atoms with Crippen LogP contribution in [0.15, 0.2) is 17.1 Å². The number of carbonyl (C=O) groups is 1. The molecule has 1 atom stereocenters. The minimum Gasteiger partial charge on any atom is -0.364 e. The molecule has 0 bridgehead atoms. The van der Waals surface area contributed by atoms with Gasteiger partial charge >= 0.3 is 0 Å². The minimum atomic E-state index is -0.376. The predicted octanol–water partition coefficient (Wildman–Crippen LogP) is 0.150. The molecule has 0 aliphatic heterocycles. The van der Waals surface area contributed by atoms with E-state index >= 15 is 0 Å². The molecule has 0 saturated heterocycles. The number of nitrogens with two attached hydrogens (primary N) is 1.